The molecule has 3 heterocycles. The Morgan fingerprint density at radius 3 is 2.74 bits per heavy atom. The molecule has 2 N–H and O–H groups in total. The van der Waals surface area contributed by atoms with E-state index in [0.29, 0.717) is 30.4 Å². The van der Waals surface area contributed by atoms with Crippen molar-refractivity contribution < 1.29 is 13.7 Å². The maximum atomic E-state index is 12.3. The van der Waals surface area contributed by atoms with Crippen molar-refractivity contribution in [3.8, 4) is 0 Å². The summed E-state index contributed by atoms with van der Waals surface area (Å²) in [4.78, 5) is 18.7. The van der Waals surface area contributed by atoms with Crippen molar-refractivity contribution in [1.82, 2.24) is 15.0 Å². The van der Waals surface area contributed by atoms with Crippen LogP contribution in [-0.4, -0.2) is 34.0 Å². The van der Waals surface area contributed by atoms with Crippen LogP contribution in [0.25, 0.3) is 0 Å². The van der Waals surface area contributed by atoms with E-state index >= 15 is 0 Å². The first-order valence-electron chi connectivity index (χ1n) is 8.10. The molecule has 4 rings (SSSR count). The third kappa shape index (κ3) is 2.55. The summed E-state index contributed by atoms with van der Waals surface area (Å²) < 4.78 is 10.4. The van der Waals surface area contributed by atoms with E-state index in [1.165, 1.54) is 12.5 Å². The van der Waals surface area contributed by atoms with Gasteiger partial charge >= 0.3 is 0 Å². The second-order valence-electron chi connectivity index (χ2n) is 6.54. The Bertz CT molecular complexity index is 682. The molecule has 1 saturated carbocycles. The van der Waals surface area contributed by atoms with E-state index in [2.05, 4.69) is 10.1 Å². The summed E-state index contributed by atoms with van der Waals surface area (Å²) in [6, 6.07) is 1.69. The Balaban J connectivity index is 1.39. The molecular weight excluding hydrogens is 296 g/mol. The third-order valence-corrected chi connectivity index (χ3v) is 5.03. The molecule has 0 atom stereocenters. The fourth-order valence-electron chi connectivity index (χ4n) is 3.28. The normalized spacial score (nSPS) is 21.2. The molecule has 1 aliphatic carbocycles. The fourth-order valence-corrected chi connectivity index (χ4v) is 3.28. The predicted molar refractivity (Wildman–Crippen MR) is 80.6 cm³/mol. The molecule has 2 aromatic heterocycles. The van der Waals surface area contributed by atoms with E-state index in [-0.39, 0.29) is 17.4 Å². The van der Waals surface area contributed by atoms with Crippen molar-refractivity contribution in [1.29, 1.82) is 0 Å². The highest BCUT2D eigenvalue weighted by Gasteiger charge is 2.39. The summed E-state index contributed by atoms with van der Waals surface area (Å²) in [6.45, 7) is 1.36. The van der Waals surface area contributed by atoms with Crippen molar-refractivity contribution >= 4 is 5.91 Å². The molecule has 2 fully saturated rings. The second kappa shape index (κ2) is 5.49. The van der Waals surface area contributed by atoms with Crippen molar-refractivity contribution in [2.24, 2.45) is 5.73 Å². The standard InChI is InChI=1S/C16H20N4O3/c17-16(5-1-6-16)15-18-13(23-19-15)11-2-7-20(8-3-11)14(21)12-4-9-22-10-12/h4,9-11H,1-3,5-8,17H2. The summed E-state index contributed by atoms with van der Waals surface area (Å²) in [5, 5.41) is 4.08. The highest BCUT2D eigenvalue weighted by atomic mass is 16.5. The van der Waals surface area contributed by atoms with Crippen LogP contribution >= 0.6 is 0 Å². The highest BCUT2D eigenvalue weighted by molar-refractivity contribution is 5.93. The van der Waals surface area contributed by atoms with Crippen molar-refractivity contribution in [3.63, 3.8) is 0 Å². The lowest BCUT2D eigenvalue weighted by Gasteiger charge is -2.34. The van der Waals surface area contributed by atoms with Gasteiger partial charge in [-0.25, -0.2) is 0 Å². The molecule has 1 aliphatic heterocycles. The van der Waals surface area contributed by atoms with E-state index in [9.17, 15) is 4.79 Å². The van der Waals surface area contributed by atoms with Gasteiger partial charge in [-0.15, -0.1) is 0 Å². The molecular formula is C16H20N4O3. The Labute approximate surface area is 133 Å². The summed E-state index contributed by atoms with van der Waals surface area (Å²) in [7, 11) is 0. The van der Waals surface area contributed by atoms with Crippen LogP contribution in [0.4, 0.5) is 0 Å². The zero-order valence-electron chi connectivity index (χ0n) is 12.9. The molecule has 1 saturated heterocycles. The zero-order chi connectivity index (χ0) is 15.9. The van der Waals surface area contributed by atoms with Gasteiger partial charge in [0.15, 0.2) is 5.82 Å². The second-order valence-corrected chi connectivity index (χ2v) is 6.54. The monoisotopic (exact) mass is 316 g/mol. The number of hydrogen-bond donors (Lipinski definition) is 1. The fraction of sp³-hybridized carbons (Fsp3) is 0.562. The minimum absolute atomic E-state index is 0.0128. The van der Waals surface area contributed by atoms with Crippen LogP contribution in [0.2, 0.25) is 0 Å². The number of carbonyl (C=O) groups excluding carboxylic acids is 1. The SMILES string of the molecule is NC1(c2noc(C3CCN(C(=O)c4ccoc4)CC3)n2)CCC1. The summed E-state index contributed by atoms with van der Waals surface area (Å²) in [5.41, 5.74) is 6.44. The first-order valence-corrected chi connectivity index (χ1v) is 8.10. The molecule has 0 bridgehead atoms. The van der Waals surface area contributed by atoms with E-state index in [1.807, 2.05) is 4.90 Å². The average Bonchev–Trinajstić information content (AvgIpc) is 3.23. The first kappa shape index (κ1) is 14.4. The number of nitrogens with two attached hydrogens (primary N) is 1. The molecule has 122 valence electrons. The van der Waals surface area contributed by atoms with Crippen molar-refractivity contribution in [2.45, 2.75) is 43.6 Å². The van der Waals surface area contributed by atoms with Crippen molar-refractivity contribution in [3.05, 3.63) is 35.9 Å². The smallest absolute Gasteiger partial charge is 0.257 e. The third-order valence-electron chi connectivity index (χ3n) is 5.03. The van der Waals surface area contributed by atoms with E-state index in [4.69, 9.17) is 14.7 Å². The molecule has 0 spiro atoms. The molecule has 1 amide bonds. The minimum atomic E-state index is -0.389. The summed E-state index contributed by atoms with van der Waals surface area (Å²) in [6.07, 6.45) is 7.61. The van der Waals surface area contributed by atoms with Crippen LogP contribution < -0.4 is 5.73 Å². The van der Waals surface area contributed by atoms with Gasteiger partial charge in [0.25, 0.3) is 5.91 Å². The Morgan fingerprint density at radius 2 is 2.13 bits per heavy atom. The zero-order valence-corrected chi connectivity index (χ0v) is 12.9. The van der Waals surface area contributed by atoms with Gasteiger partial charge in [0.1, 0.15) is 6.26 Å². The topological polar surface area (TPSA) is 98.4 Å². The van der Waals surface area contributed by atoms with Gasteiger partial charge in [0.2, 0.25) is 5.89 Å². The molecule has 7 nitrogen and oxygen atoms in total. The number of likely N-dealkylation sites (tertiary alicyclic amines) is 1. The van der Waals surface area contributed by atoms with Gasteiger partial charge in [-0.1, -0.05) is 5.16 Å². The largest absolute Gasteiger partial charge is 0.472 e. The lowest BCUT2D eigenvalue weighted by Crippen LogP contribution is -2.44. The number of hydrogen-bond acceptors (Lipinski definition) is 6. The van der Waals surface area contributed by atoms with Crippen LogP contribution in [-0.2, 0) is 5.54 Å². The van der Waals surface area contributed by atoms with E-state index in [1.54, 1.807) is 6.07 Å². The van der Waals surface area contributed by atoms with Crippen LogP contribution in [0.15, 0.2) is 27.5 Å². The minimum Gasteiger partial charge on any atom is -0.472 e. The average molecular weight is 316 g/mol. The van der Waals surface area contributed by atoms with Gasteiger partial charge in [0, 0.05) is 19.0 Å². The van der Waals surface area contributed by atoms with Crippen LogP contribution in [0.3, 0.4) is 0 Å². The molecule has 0 radical (unpaired) electrons. The van der Waals surface area contributed by atoms with Gasteiger partial charge < -0.3 is 19.6 Å². The maximum absolute atomic E-state index is 12.3. The number of nitrogens with zero attached hydrogens (tertiary/aromatic N) is 3. The number of piperidine rings is 1. The van der Waals surface area contributed by atoms with Gasteiger partial charge in [-0.05, 0) is 38.2 Å². The lowest BCUT2D eigenvalue weighted by atomic mass is 9.77. The van der Waals surface area contributed by atoms with Crippen molar-refractivity contribution in [2.75, 3.05) is 13.1 Å². The number of amides is 1. The molecule has 2 aromatic rings. The van der Waals surface area contributed by atoms with Gasteiger partial charge in [0.05, 0.1) is 17.4 Å². The maximum Gasteiger partial charge on any atom is 0.257 e. The summed E-state index contributed by atoms with van der Waals surface area (Å²) in [5.74, 6) is 1.51. The van der Waals surface area contributed by atoms with Crippen LogP contribution in [0, 0.1) is 0 Å². The highest BCUT2D eigenvalue weighted by Crippen LogP contribution is 2.38. The number of aromatic nitrogens is 2. The number of rotatable bonds is 3. The Hall–Kier alpha value is -2.15. The molecule has 2 aliphatic rings. The van der Waals surface area contributed by atoms with Crippen LogP contribution in [0.5, 0.6) is 0 Å². The predicted octanol–water partition coefficient (Wildman–Crippen LogP) is 2.02. The Morgan fingerprint density at radius 1 is 1.35 bits per heavy atom. The molecule has 23 heavy (non-hydrogen) atoms. The molecule has 0 aromatic carbocycles. The quantitative estimate of drug-likeness (QED) is 0.930. The first-order chi connectivity index (χ1) is 11.2. The van der Waals surface area contributed by atoms with E-state index < -0.39 is 0 Å². The molecule has 7 heteroatoms. The summed E-state index contributed by atoms with van der Waals surface area (Å²) >= 11 is 0. The number of carbonyl (C=O) groups is 1. The lowest BCUT2D eigenvalue weighted by molar-refractivity contribution is 0.0704. The van der Waals surface area contributed by atoms with E-state index in [0.717, 1.165) is 32.1 Å². The Kier molecular flexibility index (Phi) is 3.45. The van der Waals surface area contributed by atoms with Gasteiger partial charge in [-0.2, -0.15) is 4.98 Å². The van der Waals surface area contributed by atoms with Gasteiger partial charge in [-0.3, -0.25) is 4.79 Å². The molecule has 0 unspecified atom stereocenters. The number of furan rings is 1. The van der Waals surface area contributed by atoms with Crippen LogP contribution in [0.1, 0.15) is 60.1 Å².